The number of pyridine rings is 1. The van der Waals surface area contributed by atoms with Gasteiger partial charge in [0.15, 0.2) is 11.5 Å². The number of piperazine rings is 1. The summed E-state index contributed by atoms with van der Waals surface area (Å²) in [5.74, 6) is -4.58. The Labute approximate surface area is 244 Å². The van der Waals surface area contributed by atoms with Crippen molar-refractivity contribution < 1.29 is 46.1 Å². The van der Waals surface area contributed by atoms with Crippen molar-refractivity contribution in [3.63, 3.8) is 0 Å². The molecule has 1 aromatic carbocycles. The molecule has 0 bridgehead atoms. The first-order valence-electron chi connectivity index (χ1n) is 12.2. The first-order valence-corrected chi connectivity index (χ1v) is 12.6. The lowest BCUT2D eigenvalue weighted by molar-refractivity contribution is -0.193. The first kappa shape index (κ1) is 33.1. The van der Waals surface area contributed by atoms with Crippen LogP contribution in [0.2, 0.25) is 5.02 Å². The highest BCUT2D eigenvalue weighted by Gasteiger charge is 2.38. The third-order valence-electron chi connectivity index (χ3n) is 5.82. The third-order valence-corrected chi connectivity index (χ3v) is 6.05. The van der Waals surface area contributed by atoms with Gasteiger partial charge in [-0.15, -0.1) is 0 Å². The van der Waals surface area contributed by atoms with Gasteiger partial charge in [0.25, 0.3) is 0 Å². The van der Waals surface area contributed by atoms with Gasteiger partial charge in [-0.25, -0.2) is 19.6 Å². The Morgan fingerprint density at radius 1 is 0.860 bits per heavy atom. The number of carbonyl (C=O) groups is 2. The van der Waals surface area contributed by atoms with E-state index >= 15 is 0 Å². The molecule has 4 aromatic rings. The number of imidazole rings is 1. The molecule has 0 atom stereocenters. The number of hydrogen-bond acceptors (Lipinski definition) is 7. The largest absolute Gasteiger partial charge is 0.490 e. The van der Waals surface area contributed by atoms with Crippen LogP contribution in [0.5, 0.6) is 0 Å². The number of fused-ring (bicyclic) bond motifs is 1. The molecule has 0 amide bonds. The maximum absolute atomic E-state index is 10.6. The van der Waals surface area contributed by atoms with Crippen LogP contribution in [0, 0.1) is 0 Å². The van der Waals surface area contributed by atoms with Gasteiger partial charge in [0.1, 0.15) is 0 Å². The molecule has 3 aromatic heterocycles. The van der Waals surface area contributed by atoms with Gasteiger partial charge in [-0.2, -0.15) is 26.3 Å². The van der Waals surface area contributed by atoms with Crippen molar-refractivity contribution in [2.24, 2.45) is 0 Å². The van der Waals surface area contributed by atoms with E-state index in [-0.39, 0.29) is 0 Å². The molecule has 230 valence electrons. The molecule has 4 heterocycles. The van der Waals surface area contributed by atoms with Crippen molar-refractivity contribution in [3.05, 3.63) is 78.0 Å². The van der Waals surface area contributed by atoms with E-state index in [0.717, 1.165) is 60.5 Å². The smallest absolute Gasteiger partial charge is 0.475 e. The molecule has 5 rings (SSSR count). The monoisotopic (exact) mass is 632 g/mol. The lowest BCUT2D eigenvalue weighted by Gasteiger charge is -2.35. The zero-order valence-corrected chi connectivity index (χ0v) is 22.7. The van der Waals surface area contributed by atoms with E-state index in [1.807, 2.05) is 55.1 Å². The highest BCUT2D eigenvalue weighted by atomic mass is 35.5. The number of nitrogens with zero attached hydrogens (tertiary/aromatic N) is 6. The molecular formula is C26H23ClF6N6O4. The Morgan fingerprint density at radius 2 is 1.49 bits per heavy atom. The molecule has 0 radical (unpaired) electrons. The molecule has 0 unspecified atom stereocenters. The molecule has 17 heteroatoms. The third kappa shape index (κ3) is 9.54. The number of aromatic nitrogens is 4. The molecule has 10 nitrogen and oxygen atoms in total. The summed E-state index contributed by atoms with van der Waals surface area (Å²) in [7, 11) is 0. The topological polar surface area (TPSA) is 124 Å². The average molecular weight is 633 g/mol. The summed E-state index contributed by atoms with van der Waals surface area (Å²) in [6.45, 7) is 4.71. The molecule has 0 saturated carbocycles. The molecule has 1 saturated heterocycles. The minimum atomic E-state index is -5.08. The molecular weight excluding hydrogens is 610 g/mol. The summed E-state index contributed by atoms with van der Waals surface area (Å²) in [6, 6.07) is 12.1. The fourth-order valence-electron chi connectivity index (χ4n) is 3.87. The number of rotatable bonds is 4. The van der Waals surface area contributed by atoms with Crippen molar-refractivity contribution in [1.82, 2.24) is 24.3 Å². The van der Waals surface area contributed by atoms with E-state index in [1.165, 1.54) is 5.56 Å². The average Bonchev–Trinajstić information content (AvgIpc) is 3.38. The minimum absolute atomic E-state index is 0.792. The molecule has 1 fully saturated rings. The number of aliphatic carboxylic acids is 2. The molecule has 0 aliphatic carbocycles. The van der Waals surface area contributed by atoms with Crippen LogP contribution in [0.3, 0.4) is 0 Å². The molecule has 0 spiro atoms. The Balaban J connectivity index is 0.000000303. The van der Waals surface area contributed by atoms with Crippen molar-refractivity contribution >= 4 is 35.0 Å². The van der Waals surface area contributed by atoms with Crippen molar-refractivity contribution in [3.8, 4) is 11.3 Å². The summed E-state index contributed by atoms with van der Waals surface area (Å²) < 4.78 is 65.6. The van der Waals surface area contributed by atoms with E-state index < -0.39 is 24.3 Å². The molecule has 2 N–H and O–H groups in total. The minimum Gasteiger partial charge on any atom is -0.475 e. The number of halogens is 7. The van der Waals surface area contributed by atoms with E-state index in [2.05, 4.69) is 35.2 Å². The Hall–Kier alpha value is -4.44. The summed E-state index contributed by atoms with van der Waals surface area (Å²) in [5, 5.41) is 15.0. The van der Waals surface area contributed by atoms with Crippen molar-refractivity contribution in [2.45, 2.75) is 18.9 Å². The Bertz CT molecular complexity index is 1500. The highest BCUT2D eigenvalue weighted by molar-refractivity contribution is 6.30. The van der Waals surface area contributed by atoms with Gasteiger partial charge in [-0.3, -0.25) is 14.3 Å². The lowest BCUT2D eigenvalue weighted by Crippen LogP contribution is -2.46. The van der Waals surface area contributed by atoms with E-state index in [1.54, 1.807) is 6.20 Å². The van der Waals surface area contributed by atoms with Gasteiger partial charge in [0.05, 0.1) is 11.9 Å². The summed E-state index contributed by atoms with van der Waals surface area (Å²) in [5.41, 5.74) is 4.20. The number of hydrogen-bond donors (Lipinski definition) is 2. The van der Waals surface area contributed by atoms with Crippen LogP contribution in [0.25, 0.3) is 16.9 Å². The zero-order chi connectivity index (χ0) is 31.8. The predicted molar refractivity (Wildman–Crippen MR) is 143 cm³/mol. The van der Waals surface area contributed by atoms with E-state index in [4.69, 9.17) is 31.4 Å². The Morgan fingerprint density at radius 3 is 2.02 bits per heavy atom. The number of benzene rings is 1. The van der Waals surface area contributed by atoms with E-state index in [0.29, 0.717) is 0 Å². The number of alkyl halides is 6. The van der Waals surface area contributed by atoms with Crippen LogP contribution in [-0.2, 0) is 16.1 Å². The molecule has 43 heavy (non-hydrogen) atoms. The van der Waals surface area contributed by atoms with Crippen LogP contribution in [-0.4, -0.2) is 84.9 Å². The second-order valence-electron chi connectivity index (χ2n) is 8.83. The Kier molecular flexibility index (Phi) is 10.9. The highest BCUT2D eigenvalue weighted by Crippen LogP contribution is 2.25. The van der Waals surface area contributed by atoms with Crippen molar-refractivity contribution in [1.29, 1.82) is 0 Å². The quantitative estimate of drug-likeness (QED) is 0.298. The van der Waals surface area contributed by atoms with E-state index in [9.17, 15) is 26.3 Å². The SMILES string of the molecule is Clc1cccc(CN2CCN(c3nccn4c(-c5cccnc5)cnc34)CC2)c1.O=C(O)C(F)(F)F.O=C(O)C(F)(F)F. The van der Waals surface area contributed by atoms with Gasteiger partial charge in [0.2, 0.25) is 0 Å². The van der Waals surface area contributed by atoms with Gasteiger partial charge in [-0.05, 0) is 29.8 Å². The van der Waals surface area contributed by atoms with Crippen LogP contribution >= 0.6 is 11.6 Å². The number of carboxylic acid groups (broad SMARTS) is 2. The normalized spacial score (nSPS) is 13.9. The van der Waals surface area contributed by atoms with Gasteiger partial charge >= 0.3 is 24.3 Å². The lowest BCUT2D eigenvalue weighted by atomic mass is 10.2. The number of anilines is 1. The number of carboxylic acids is 2. The van der Waals surface area contributed by atoms with Crippen LogP contribution < -0.4 is 4.90 Å². The standard InChI is InChI=1S/C22H21ClN6.2C2HF3O2/c23-19-5-1-3-17(13-19)16-27-9-11-28(12-10-27)21-22-26-15-20(29(22)8-7-25-21)18-4-2-6-24-14-18;2*3-2(4,5)1(6)7/h1-8,13-15H,9-12,16H2;2*(H,6,7). The first-order chi connectivity index (χ1) is 20.2. The molecule has 1 aliphatic heterocycles. The molecule has 1 aliphatic rings. The van der Waals surface area contributed by atoms with Crippen LogP contribution in [0.4, 0.5) is 32.2 Å². The fraction of sp³-hybridized carbons (Fsp3) is 0.269. The predicted octanol–water partition coefficient (Wildman–Crippen LogP) is 5.03. The van der Waals surface area contributed by atoms with Crippen molar-refractivity contribution in [2.75, 3.05) is 31.1 Å². The summed E-state index contributed by atoms with van der Waals surface area (Å²) in [6.07, 6.45) is -0.820. The zero-order valence-electron chi connectivity index (χ0n) is 21.9. The van der Waals surface area contributed by atoms with Gasteiger partial charge < -0.3 is 15.1 Å². The van der Waals surface area contributed by atoms with Crippen LogP contribution in [0.15, 0.2) is 67.4 Å². The maximum atomic E-state index is 10.6. The summed E-state index contributed by atoms with van der Waals surface area (Å²) in [4.78, 5) is 36.1. The second-order valence-corrected chi connectivity index (χ2v) is 9.26. The van der Waals surface area contributed by atoms with Crippen LogP contribution in [0.1, 0.15) is 5.56 Å². The summed E-state index contributed by atoms with van der Waals surface area (Å²) >= 11 is 6.12. The van der Waals surface area contributed by atoms with Gasteiger partial charge in [-0.1, -0.05) is 23.7 Å². The maximum Gasteiger partial charge on any atom is 0.490 e. The second kappa shape index (κ2) is 14.2. The fourth-order valence-corrected chi connectivity index (χ4v) is 4.08. The van der Waals surface area contributed by atoms with Gasteiger partial charge in [0, 0.05) is 68.1 Å².